The van der Waals surface area contributed by atoms with Crippen molar-refractivity contribution in [3.63, 3.8) is 0 Å². The number of nitrogens with one attached hydrogen (secondary N) is 2. The zero-order valence-corrected chi connectivity index (χ0v) is 18.2. The van der Waals surface area contributed by atoms with Crippen LogP contribution in [0, 0.1) is 0 Å². The molecule has 1 aromatic carbocycles. The SMILES string of the molecule is CNNC1C=CC(c2cnn(C)c2)=CN1CSc1ccc2ncc3c(c2c1)OCCO3. The van der Waals surface area contributed by atoms with Crippen LogP contribution in [0.1, 0.15) is 5.56 Å². The van der Waals surface area contributed by atoms with Crippen LogP contribution < -0.4 is 20.3 Å². The molecular weight excluding hydrogens is 412 g/mol. The summed E-state index contributed by atoms with van der Waals surface area (Å²) in [7, 11) is 3.80. The van der Waals surface area contributed by atoms with E-state index in [4.69, 9.17) is 9.47 Å². The zero-order chi connectivity index (χ0) is 21.2. The van der Waals surface area contributed by atoms with Crippen molar-refractivity contribution in [1.82, 2.24) is 30.5 Å². The van der Waals surface area contributed by atoms with Gasteiger partial charge in [0.25, 0.3) is 0 Å². The summed E-state index contributed by atoms with van der Waals surface area (Å²) in [6, 6.07) is 6.26. The van der Waals surface area contributed by atoms with E-state index in [1.54, 1.807) is 18.0 Å². The molecule has 0 saturated carbocycles. The summed E-state index contributed by atoms with van der Waals surface area (Å²) in [6.45, 7) is 1.12. The Kier molecular flexibility index (Phi) is 5.54. The molecule has 0 bridgehead atoms. The monoisotopic (exact) mass is 436 g/mol. The Morgan fingerprint density at radius 1 is 1.23 bits per heavy atom. The highest BCUT2D eigenvalue weighted by Gasteiger charge is 2.19. The van der Waals surface area contributed by atoms with Gasteiger partial charge in [-0.1, -0.05) is 6.08 Å². The van der Waals surface area contributed by atoms with E-state index in [1.807, 2.05) is 37.2 Å². The van der Waals surface area contributed by atoms with Crippen LogP contribution in [0.2, 0.25) is 0 Å². The van der Waals surface area contributed by atoms with Gasteiger partial charge in [-0.2, -0.15) is 5.10 Å². The van der Waals surface area contributed by atoms with E-state index in [1.165, 1.54) is 0 Å². The Morgan fingerprint density at radius 3 is 2.97 bits per heavy atom. The number of allylic oxidation sites excluding steroid dienone is 2. The number of pyridine rings is 1. The van der Waals surface area contributed by atoms with Gasteiger partial charge in [0.2, 0.25) is 0 Å². The minimum atomic E-state index is 0.0459. The van der Waals surface area contributed by atoms with Crippen molar-refractivity contribution in [3.05, 3.63) is 60.7 Å². The third-order valence-electron chi connectivity index (χ3n) is 5.18. The maximum atomic E-state index is 5.87. The molecule has 5 rings (SSSR count). The fourth-order valence-corrected chi connectivity index (χ4v) is 4.56. The molecular formula is C22H24N6O2S. The summed E-state index contributed by atoms with van der Waals surface area (Å²) in [5.74, 6) is 2.26. The third kappa shape index (κ3) is 4.12. The highest BCUT2D eigenvalue weighted by molar-refractivity contribution is 7.99. The quantitative estimate of drug-likeness (QED) is 0.451. The molecule has 4 heterocycles. The van der Waals surface area contributed by atoms with Gasteiger partial charge in [0.05, 0.1) is 23.8 Å². The van der Waals surface area contributed by atoms with Gasteiger partial charge in [0.15, 0.2) is 11.5 Å². The molecule has 2 aliphatic heterocycles. The van der Waals surface area contributed by atoms with Crippen molar-refractivity contribution in [1.29, 1.82) is 0 Å². The highest BCUT2D eigenvalue weighted by Crippen LogP contribution is 2.38. The first-order valence-electron chi connectivity index (χ1n) is 10.1. The fraction of sp³-hybridized carbons (Fsp3) is 0.273. The van der Waals surface area contributed by atoms with Crippen LogP contribution in [-0.2, 0) is 7.05 Å². The van der Waals surface area contributed by atoms with E-state index in [9.17, 15) is 0 Å². The Balaban J connectivity index is 1.38. The second-order valence-electron chi connectivity index (χ2n) is 7.30. The average Bonchev–Trinajstić information content (AvgIpc) is 3.24. The van der Waals surface area contributed by atoms with E-state index in [0.717, 1.165) is 38.6 Å². The number of ether oxygens (including phenoxy) is 2. The van der Waals surface area contributed by atoms with Gasteiger partial charge in [-0.3, -0.25) is 15.1 Å². The van der Waals surface area contributed by atoms with Crippen molar-refractivity contribution < 1.29 is 9.47 Å². The standard InChI is InChI=1S/C22H24N6O2S/c1-23-26-21-6-3-15(16-10-25-27(2)12-16)13-28(21)14-31-17-4-5-19-18(9-17)22-20(11-24-19)29-7-8-30-22/h3-6,9-13,21,23,26H,7-8,14H2,1-2H3. The molecule has 0 saturated heterocycles. The molecule has 0 radical (unpaired) electrons. The highest BCUT2D eigenvalue weighted by atomic mass is 32.2. The van der Waals surface area contributed by atoms with Crippen molar-refractivity contribution in [2.45, 2.75) is 11.1 Å². The molecule has 0 spiro atoms. The van der Waals surface area contributed by atoms with Crippen LogP contribution in [0.5, 0.6) is 11.5 Å². The van der Waals surface area contributed by atoms with Crippen molar-refractivity contribution in [2.75, 3.05) is 26.1 Å². The lowest BCUT2D eigenvalue weighted by Crippen LogP contribution is -2.47. The Labute approximate surface area is 184 Å². The molecule has 2 aromatic heterocycles. The van der Waals surface area contributed by atoms with E-state index < -0.39 is 0 Å². The number of nitrogens with zero attached hydrogens (tertiary/aromatic N) is 4. The molecule has 1 unspecified atom stereocenters. The molecule has 0 fully saturated rings. The zero-order valence-electron chi connectivity index (χ0n) is 17.4. The number of thioether (sulfide) groups is 1. The smallest absolute Gasteiger partial charge is 0.180 e. The molecule has 160 valence electrons. The van der Waals surface area contributed by atoms with Crippen molar-refractivity contribution in [2.24, 2.45) is 7.05 Å². The molecule has 31 heavy (non-hydrogen) atoms. The maximum Gasteiger partial charge on any atom is 0.180 e. The number of fused-ring (bicyclic) bond motifs is 3. The third-order valence-corrected chi connectivity index (χ3v) is 6.19. The average molecular weight is 437 g/mol. The van der Waals surface area contributed by atoms with Gasteiger partial charge in [-0.05, 0) is 31.3 Å². The van der Waals surface area contributed by atoms with Gasteiger partial charge < -0.3 is 14.4 Å². The van der Waals surface area contributed by atoms with Crippen LogP contribution in [0.3, 0.4) is 0 Å². The summed E-state index contributed by atoms with van der Waals surface area (Å²) >= 11 is 1.76. The molecule has 0 aliphatic carbocycles. The fourth-order valence-electron chi connectivity index (χ4n) is 3.66. The maximum absolute atomic E-state index is 5.87. The molecule has 2 aliphatic rings. The molecule has 2 N–H and O–H groups in total. The normalized spacial score (nSPS) is 17.8. The van der Waals surface area contributed by atoms with E-state index in [-0.39, 0.29) is 6.17 Å². The molecule has 0 amide bonds. The number of aryl methyl sites for hydroxylation is 1. The summed E-state index contributed by atoms with van der Waals surface area (Å²) in [6.07, 6.45) is 12.1. The topological polar surface area (TPSA) is 76.5 Å². The van der Waals surface area contributed by atoms with Gasteiger partial charge >= 0.3 is 0 Å². The van der Waals surface area contributed by atoms with Crippen molar-refractivity contribution >= 4 is 28.2 Å². The summed E-state index contributed by atoms with van der Waals surface area (Å²) < 4.78 is 13.4. The second-order valence-corrected chi connectivity index (χ2v) is 8.32. The van der Waals surface area contributed by atoms with Crippen LogP contribution in [-0.4, -0.2) is 52.0 Å². The minimum absolute atomic E-state index is 0.0459. The predicted molar refractivity (Wildman–Crippen MR) is 122 cm³/mol. The van der Waals surface area contributed by atoms with Crippen molar-refractivity contribution in [3.8, 4) is 11.5 Å². The van der Waals surface area contributed by atoms with Crippen LogP contribution >= 0.6 is 11.8 Å². The van der Waals surface area contributed by atoms with Gasteiger partial charge in [0.1, 0.15) is 19.4 Å². The van der Waals surface area contributed by atoms with Crippen LogP contribution in [0.15, 0.2) is 60.0 Å². The largest absolute Gasteiger partial charge is 0.485 e. The summed E-state index contributed by atoms with van der Waals surface area (Å²) in [5, 5.41) is 5.28. The number of rotatable bonds is 6. The number of hydrogen-bond acceptors (Lipinski definition) is 8. The predicted octanol–water partition coefficient (Wildman–Crippen LogP) is 2.75. The van der Waals surface area contributed by atoms with E-state index >= 15 is 0 Å². The number of hydrogen-bond donors (Lipinski definition) is 2. The lowest BCUT2D eigenvalue weighted by molar-refractivity contribution is 0.173. The molecule has 9 heteroatoms. The Bertz CT molecular complexity index is 1160. The summed E-state index contributed by atoms with van der Waals surface area (Å²) in [4.78, 5) is 7.90. The number of hydrazine groups is 1. The molecule has 1 atom stereocenters. The summed E-state index contributed by atoms with van der Waals surface area (Å²) in [5.41, 5.74) is 9.46. The van der Waals surface area contributed by atoms with E-state index in [2.05, 4.69) is 56.3 Å². The minimum Gasteiger partial charge on any atom is -0.485 e. The van der Waals surface area contributed by atoms with Gasteiger partial charge in [0, 0.05) is 40.9 Å². The molecule has 8 nitrogen and oxygen atoms in total. The Hall–Kier alpha value is -3.01. The van der Waals surface area contributed by atoms with Crippen LogP contribution in [0.25, 0.3) is 16.5 Å². The lowest BCUT2D eigenvalue weighted by atomic mass is 10.1. The first-order valence-corrected chi connectivity index (χ1v) is 11.1. The first kappa shape index (κ1) is 19.9. The van der Waals surface area contributed by atoms with E-state index in [0.29, 0.717) is 19.0 Å². The van der Waals surface area contributed by atoms with Gasteiger partial charge in [-0.25, -0.2) is 5.43 Å². The lowest BCUT2D eigenvalue weighted by Gasteiger charge is -2.32. The number of aromatic nitrogens is 3. The number of benzene rings is 1. The first-order chi connectivity index (χ1) is 15.2. The van der Waals surface area contributed by atoms with Crippen LogP contribution in [0.4, 0.5) is 0 Å². The Morgan fingerprint density at radius 2 is 2.13 bits per heavy atom. The molecule has 3 aromatic rings. The second kappa shape index (κ2) is 8.62. The van der Waals surface area contributed by atoms with Gasteiger partial charge in [-0.15, -0.1) is 11.8 Å².